The van der Waals surface area contributed by atoms with E-state index in [0.29, 0.717) is 79.8 Å². The summed E-state index contributed by atoms with van der Waals surface area (Å²) >= 11 is 7.39. The van der Waals surface area contributed by atoms with Gasteiger partial charge in [-0.1, -0.05) is 115 Å². The van der Waals surface area contributed by atoms with E-state index in [1.54, 1.807) is 12.1 Å². The van der Waals surface area contributed by atoms with Gasteiger partial charge in [0.1, 0.15) is 28.9 Å². The van der Waals surface area contributed by atoms with E-state index in [-0.39, 0.29) is 70.4 Å². The molecule has 12 nitrogen and oxygen atoms in total. The number of carbonyl (C=O) groups excluding carboxylic acids is 5. The van der Waals surface area contributed by atoms with Crippen molar-refractivity contribution in [2.45, 2.75) is 126 Å². The van der Waals surface area contributed by atoms with Crippen LogP contribution in [-0.4, -0.2) is 38.8 Å². The number of anilines is 1. The molecule has 0 heterocycles. The monoisotopic (exact) mass is 1330 g/mol. The van der Waals surface area contributed by atoms with Crippen molar-refractivity contribution in [2.24, 2.45) is 0 Å². The third-order valence-corrected chi connectivity index (χ3v) is 11.7. The Hall–Kier alpha value is -4.18. The van der Waals surface area contributed by atoms with Crippen molar-refractivity contribution in [3.63, 3.8) is 0 Å². The van der Waals surface area contributed by atoms with Gasteiger partial charge in [-0.15, -0.1) is 0 Å². The normalized spacial score (nSPS) is 14.3. The number of carbonyl (C=O) groups is 5. The number of hydrogen-bond acceptors (Lipinski definition) is 10. The second kappa shape index (κ2) is 32.0. The Balaban J connectivity index is 0.000000424. The standard InChI is InChI=1S/2C10H9NO3.C10H11NO.2C10H10O.4CH4.3HI.V/c2*12-8-5-4-7-2-1-3-10(11(13)14)9(7)6-8;11-10-3-1-2-7-4-5-8(12)6-9(7)10;2*11-10-6-5-8-3-1-2-4-9(8)7-10;;;;;;;;/h2*1-3H,4-6H2;1-3H,4-6,11H2;2*1-4H,5-7H2;4*1H4;3*1H;/q;;;;;;;;;;;;+3/p-3. The molecule has 0 saturated heterocycles. The Labute approximate surface area is 451 Å². The van der Waals surface area contributed by atoms with E-state index < -0.39 is 9.85 Å². The number of aryl methyl sites for hydroxylation is 5. The van der Waals surface area contributed by atoms with E-state index in [0.717, 1.165) is 54.5 Å². The van der Waals surface area contributed by atoms with Gasteiger partial charge in [-0.2, -0.15) is 0 Å². The van der Waals surface area contributed by atoms with Crippen LogP contribution in [0.2, 0.25) is 0 Å². The zero-order valence-corrected chi connectivity index (χ0v) is 44.0. The molecule has 5 aliphatic carbocycles. The van der Waals surface area contributed by atoms with Crippen molar-refractivity contribution in [1.82, 2.24) is 0 Å². The SMILES string of the molecule is C.C.C.C.Nc1cccc2c1CC(=O)CC2.O=C1CCc2cccc([N+](=O)[O-])c2C1.O=C1CCc2cccc([N+](=O)[O-])c2C1.O=C1CCc2ccccc2C1.O=C1CCc2ccccc2C1.[I][V]([I])[I]. The number of ketones is 5. The summed E-state index contributed by atoms with van der Waals surface area (Å²) in [4.78, 5) is 75.8. The molecule has 10 rings (SSSR count). The van der Waals surface area contributed by atoms with Gasteiger partial charge >= 0.3 is 64.9 Å². The van der Waals surface area contributed by atoms with Crippen molar-refractivity contribution in [1.29, 1.82) is 0 Å². The number of nitro benzene ring substituents is 2. The van der Waals surface area contributed by atoms with Gasteiger partial charge in [0, 0.05) is 93.2 Å². The Kier molecular flexibility index (Phi) is 29.2. The van der Waals surface area contributed by atoms with Crippen molar-refractivity contribution in [3.8, 4) is 0 Å². The molecule has 0 radical (unpaired) electrons. The van der Waals surface area contributed by atoms with Gasteiger partial charge < -0.3 is 5.73 Å². The van der Waals surface area contributed by atoms with E-state index in [1.165, 1.54) is 39.9 Å². The first kappa shape index (κ1) is 63.8. The molecule has 2 N–H and O–H groups in total. The number of hydrogen-bond donors (Lipinski definition) is 1. The first-order valence-electron chi connectivity index (χ1n) is 21.5. The van der Waals surface area contributed by atoms with E-state index in [9.17, 15) is 44.2 Å². The zero-order chi connectivity index (χ0) is 47.8. The van der Waals surface area contributed by atoms with Crippen LogP contribution in [0.15, 0.2) is 103 Å². The summed E-state index contributed by atoms with van der Waals surface area (Å²) in [7, 11) is 0. The fraction of sp³-hybridized carbons (Fsp3) is 0.352. The van der Waals surface area contributed by atoms with Crippen molar-refractivity contribution in [3.05, 3.63) is 179 Å². The molecule has 5 aromatic carbocycles. The summed E-state index contributed by atoms with van der Waals surface area (Å²) in [5.41, 5.74) is 17.2. The van der Waals surface area contributed by atoms with Gasteiger partial charge in [0.05, 0.1) is 9.85 Å². The number of halogens is 3. The van der Waals surface area contributed by atoms with Gasteiger partial charge in [0.25, 0.3) is 11.4 Å². The van der Waals surface area contributed by atoms with E-state index in [2.05, 4.69) is 78.1 Å². The van der Waals surface area contributed by atoms with E-state index in [4.69, 9.17) is 5.73 Å². The summed E-state index contributed by atoms with van der Waals surface area (Å²) < 4.78 is 0. The van der Waals surface area contributed by atoms with Gasteiger partial charge in [-0.25, -0.2) is 0 Å². The number of nitro groups is 2. The first-order chi connectivity index (χ1) is 31.6. The maximum atomic E-state index is 11.2. The molecule has 0 atom stereocenters. The van der Waals surface area contributed by atoms with Crippen LogP contribution in [0.3, 0.4) is 0 Å². The number of nitrogen functional groups attached to an aromatic ring is 1. The molecule has 5 aromatic rings. The minimum atomic E-state index is -0.419. The Morgan fingerprint density at radius 3 is 0.971 bits per heavy atom. The molecule has 0 unspecified atom stereocenters. The van der Waals surface area contributed by atoms with Gasteiger partial charge in [0.2, 0.25) is 0 Å². The van der Waals surface area contributed by atoms with Crippen LogP contribution in [0.1, 0.15) is 117 Å². The zero-order valence-electron chi connectivity index (χ0n) is 36.1. The van der Waals surface area contributed by atoms with Crippen molar-refractivity contribution < 1.29 is 38.7 Å². The number of nitrogens with zero attached hydrogens (tertiary/aromatic N) is 2. The molecule has 0 saturated carbocycles. The molecule has 0 spiro atoms. The summed E-state index contributed by atoms with van der Waals surface area (Å²) in [6.07, 6.45) is 9.43. The molecule has 0 bridgehead atoms. The number of benzene rings is 5. The Morgan fingerprint density at radius 1 is 0.371 bits per heavy atom. The second-order valence-electron chi connectivity index (χ2n) is 16.1. The third kappa shape index (κ3) is 19.8. The molecular formula is C54H65I3N3O9V. The fourth-order valence-corrected chi connectivity index (χ4v) is 8.34. The van der Waals surface area contributed by atoms with Crippen LogP contribution < -0.4 is 5.73 Å². The average molecular weight is 1330 g/mol. The quantitative estimate of drug-likeness (QED) is 0.0768. The van der Waals surface area contributed by atoms with Crippen molar-refractivity contribution >= 4 is 106 Å². The Bertz CT molecular complexity index is 2480. The summed E-state index contributed by atoms with van der Waals surface area (Å²) in [5.74, 6) is 1.24. The predicted octanol–water partition coefficient (Wildman–Crippen LogP) is 13.3. The molecular weight excluding hydrogens is 1270 g/mol. The van der Waals surface area contributed by atoms with Crippen LogP contribution >= 0.6 is 59.9 Å². The van der Waals surface area contributed by atoms with Crippen molar-refractivity contribution in [2.75, 3.05) is 5.73 Å². The number of rotatable bonds is 2. The van der Waals surface area contributed by atoms with Gasteiger partial charge in [0.15, 0.2) is 0 Å². The van der Waals surface area contributed by atoms with E-state index >= 15 is 0 Å². The van der Waals surface area contributed by atoms with Crippen LogP contribution in [0.25, 0.3) is 0 Å². The molecule has 0 aromatic heterocycles. The maximum absolute atomic E-state index is 11.2. The molecule has 0 fully saturated rings. The topological polar surface area (TPSA) is 198 Å². The number of Topliss-reactive ketones (excluding diaryl/α,β-unsaturated/α-hetero) is 5. The molecule has 16 heteroatoms. The molecule has 0 aliphatic heterocycles. The first-order valence-corrected chi connectivity index (χ1v) is 35.0. The van der Waals surface area contributed by atoms with Crippen LogP contribution in [-0.2, 0) is 93.1 Å². The Morgan fingerprint density at radius 2 is 0.629 bits per heavy atom. The van der Waals surface area contributed by atoms with E-state index in [1.807, 2.05) is 60.7 Å². The second-order valence-corrected chi connectivity index (χ2v) is 51.5. The molecule has 70 heavy (non-hydrogen) atoms. The number of fused-ring (bicyclic) bond motifs is 5. The van der Waals surface area contributed by atoms with Crippen LogP contribution in [0.5, 0.6) is 0 Å². The summed E-state index contributed by atoms with van der Waals surface area (Å²) in [6, 6.07) is 32.2. The molecule has 5 aliphatic rings. The number of nitrogens with two attached hydrogens (primary N) is 1. The van der Waals surface area contributed by atoms with Gasteiger partial charge in [-0.3, -0.25) is 44.2 Å². The molecule has 376 valence electrons. The summed E-state index contributed by atoms with van der Waals surface area (Å²) in [6.45, 7) is 0. The predicted molar refractivity (Wildman–Crippen MR) is 304 cm³/mol. The average Bonchev–Trinajstić information content (AvgIpc) is 3.29. The van der Waals surface area contributed by atoms with Gasteiger partial charge in [-0.05, 0) is 82.7 Å². The fourth-order valence-electron chi connectivity index (χ4n) is 8.34. The van der Waals surface area contributed by atoms with Crippen LogP contribution in [0, 0.1) is 20.2 Å². The molecule has 0 amide bonds. The van der Waals surface area contributed by atoms with Crippen LogP contribution in [0.4, 0.5) is 17.1 Å². The minimum absolute atomic E-state index is 0. The summed E-state index contributed by atoms with van der Waals surface area (Å²) in [5, 5.41) is 21.3. The third-order valence-electron chi connectivity index (χ3n) is 11.7.